The number of hydrogen-bond donors (Lipinski definition) is 3. The summed E-state index contributed by atoms with van der Waals surface area (Å²) in [6.45, 7) is 2.09. The van der Waals surface area contributed by atoms with Crippen molar-refractivity contribution in [2.45, 2.75) is 44.6 Å². The van der Waals surface area contributed by atoms with Gasteiger partial charge in [-0.15, -0.1) is 0 Å². The molecule has 8 nitrogen and oxygen atoms in total. The van der Waals surface area contributed by atoms with E-state index in [1.807, 2.05) is 5.43 Å². The molecule has 0 radical (unpaired) electrons. The number of nitrogens with one attached hydrogen (secondary N) is 2. The molecule has 1 aliphatic heterocycles. The Kier molecular flexibility index (Phi) is 5.48. The van der Waals surface area contributed by atoms with Crippen LogP contribution in [0.15, 0.2) is 5.10 Å². The van der Waals surface area contributed by atoms with Crippen molar-refractivity contribution in [1.29, 1.82) is 0 Å². The fraction of sp³-hybridized carbons (Fsp3) is 0.667. The van der Waals surface area contributed by atoms with Crippen LogP contribution >= 0.6 is 0 Å². The molecule has 0 aromatic carbocycles. The van der Waals surface area contributed by atoms with Crippen LogP contribution < -0.4 is 16.5 Å². The van der Waals surface area contributed by atoms with E-state index in [0.29, 0.717) is 6.42 Å². The molecule has 0 aromatic rings. The zero-order valence-electron chi connectivity index (χ0n) is 11.8. The van der Waals surface area contributed by atoms with Gasteiger partial charge in [0.15, 0.2) is 5.54 Å². The predicted molar refractivity (Wildman–Crippen MR) is 74.0 cm³/mol. The van der Waals surface area contributed by atoms with Gasteiger partial charge < -0.3 is 11.1 Å². The standard InChI is InChI=1S/C12H21N5O3/c1-3-4-5-6-7-12(8-14-16-10(13)19)9(18)17(2)11(20)15-12/h8H,3-7H2,1-2H3,(H,15,20)(H3,13,16,19)/b14-8+. The van der Waals surface area contributed by atoms with Crippen molar-refractivity contribution in [3.63, 3.8) is 0 Å². The number of imide groups is 1. The number of amides is 5. The smallest absolute Gasteiger partial charge is 0.332 e. The van der Waals surface area contributed by atoms with Crippen molar-refractivity contribution in [3.8, 4) is 0 Å². The Labute approximate surface area is 117 Å². The number of hydrogen-bond acceptors (Lipinski definition) is 4. The number of likely N-dealkylation sites (N-methyl/N-ethyl adjacent to an activating group) is 1. The molecule has 0 spiro atoms. The highest BCUT2D eigenvalue weighted by atomic mass is 16.2. The fourth-order valence-electron chi connectivity index (χ4n) is 2.08. The van der Waals surface area contributed by atoms with Crippen LogP contribution in [0, 0.1) is 0 Å². The van der Waals surface area contributed by atoms with Crippen molar-refractivity contribution in [2.75, 3.05) is 7.05 Å². The van der Waals surface area contributed by atoms with E-state index in [-0.39, 0.29) is 5.91 Å². The van der Waals surface area contributed by atoms with E-state index >= 15 is 0 Å². The van der Waals surface area contributed by atoms with Crippen molar-refractivity contribution >= 4 is 24.2 Å². The van der Waals surface area contributed by atoms with Gasteiger partial charge in [0, 0.05) is 7.05 Å². The molecule has 1 rings (SSSR count). The maximum absolute atomic E-state index is 12.2. The molecule has 4 N–H and O–H groups in total. The predicted octanol–water partition coefficient (Wildman–Crippen LogP) is 0.531. The average Bonchev–Trinajstić information content (AvgIpc) is 2.60. The third-order valence-corrected chi connectivity index (χ3v) is 3.21. The van der Waals surface area contributed by atoms with Gasteiger partial charge in [0.2, 0.25) is 0 Å². The second-order valence-electron chi connectivity index (χ2n) is 4.81. The SMILES string of the molecule is CCCCCCC1(/C=N/NC(N)=O)NC(=O)N(C)C1=O. The van der Waals surface area contributed by atoms with Crippen LogP contribution in [0.4, 0.5) is 9.59 Å². The molecule has 1 unspecified atom stereocenters. The molecule has 5 amide bonds. The Morgan fingerprint density at radius 3 is 2.65 bits per heavy atom. The molecule has 0 aliphatic carbocycles. The lowest BCUT2D eigenvalue weighted by Crippen LogP contribution is -2.49. The quantitative estimate of drug-likeness (QED) is 0.274. The van der Waals surface area contributed by atoms with E-state index in [4.69, 9.17) is 5.73 Å². The Balaban J connectivity index is 2.78. The molecule has 1 fully saturated rings. The molecule has 8 heteroatoms. The number of carbonyl (C=O) groups is 3. The molecule has 1 aliphatic rings. The zero-order chi connectivity index (χ0) is 15.2. The average molecular weight is 283 g/mol. The monoisotopic (exact) mass is 283 g/mol. The van der Waals surface area contributed by atoms with Gasteiger partial charge in [0.1, 0.15) is 0 Å². The van der Waals surface area contributed by atoms with E-state index in [1.165, 1.54) is 13.3 Å². The third kappa shape index (κ3) is 3.69. The van der Waals surface area contributed by atoms with Crippen LogP contribution in [0.2, 0.25) is 0 Å². The van der Waals surface area contributed by atoms with Gasteiger partial charge in [-0.25, -0.2) is 15.0 Å². The summed E-state index contributed by atoms with van der Waals surface area (Å²) in [5, 5.41) is 6.25. The third-order valence-electron chi connectivity index (χ3n) is 3.21. The molecule has 20 heavy (non-hydrogen) atoms. The first-order valence-corrected chi connectivity index (χ1v) is 6.63. The van der Waals surface area contributed by atoms with Gasteiger partial charge in [-0.1, -0.05) is 32.6 Å². The highest BCUT2D eigenvalue weighted by Crippen LogP contribution is 2.22. The van der Waals surface area contributed by atoms with Crippen LogP contribution in [-0.2, 0) is 4.79 Å². The molecule has 0 bridgehead atoms. The molecular formula is C12H21N5O3. The summed E-state index contributed by atoms with van der Waals surface area (Å²) in [7, 11) is 1.40. The molecule has 1 heterocycles. The molecule has 1 atom stereocenters. The summed E-state index contributed by atoms with van der Waals surface area (Å²) in [4.78, 5) is 35.4. The Bertz CT molecular complexity index is 423. The zero-order valence-corrected chi connectivity index (χ0v) is 11.8. The first-order chi connectivity index (χ1) is 9.43. The molecule has 0 saturated carbocycles. The van der Waals surface area contributed by atoms with E-state index < -0.39 is 17.6 Å². The first kappa shape index (κ1) is 15.9. The van der Waals surface area contributed by atoms with E-state index in [1.54, 1.807) is 0 Å². The lowest BCUT2D eigenvalue weighted by molar-refractivity contribution is -0.128. The second kappa shape index (κ2) is 6.88. The van der Waals surface area contributed by atoms with Crippen LogP contribution in [0.5, 0.6) is 0 Å². The number of primary amides is 1. The van der Waals surface area contributed by atoms with E-state index in [9.17, 15) is 14.4 Å². The van der Waals surface area contributed by atoms with E-state index in [0.717, 1.165) is 30.6 Å². The van der Waals surface area contributed by atoms with Crippen molar-refractivity contribution in [2.24, 2.45) is 10.8 Å². The molecule has 112 valence electrons. The van der Waals surface area contributed by atoms with Crippen LogP contribution in [-0.4, -0.2) is 41.7 Å². The van der Waals surface area contributed by atoms with Gasteiger partial charge in [-0.05, 0) is 6.42 Å². The summed E-state index contributed by atoms with van der Waals surface area (Å²) in [5.74, 6) is -0.381. The maximum atomic E-state index is 12.2. The second-order valence-corrected chi connectivity index (χ2v) is 4.81. The summed E-state index contributed by atoms with van der Waals surface area (Å²) in [5.41, 5.74) is 5.75. The van der Waals surface area contributed by atoms with Gasteiger partial charge in [0.05, 0.1) is 6.21 Å². The van der Waals surface area contributed by atoms with Gasteiger partial charge in [-0.3, -0.25) is 9.69 Å². The van der Waals surface area contributed by atoms with E-state index in [2.05, 4.69) is 17.3 Å². The minimum absolute atomic E-state index is 0.381. The van der Waals surface area contributed by atoms with Crippen molar-refractivity contribution in [1.82, 2.24) is 15.6 Å². The largest absolute Gasteiger partial charge is 0.350 e. The van der Waals surface area contributed by atoms with Crippen LogP contribution in [0.3, 0.4) is 0 Å². The van der Waals surface area contributed by atoms with Gasteiger partial charge in [0.25, 0.3) is 5.91 Å². The number of hydrazone groups is 1. The molecular weight excluding hydrogens is 262 g/mol. The van der Waals surface area contributed by atoms with Crippen molar-refractivity contribution < 1.29 is 14.4 Å². The molecule has 0 aromatic heterocycles. The maximum Gasteiger partial charge on any atom is 0.332 e. The topological polar surface area (TPSA) is 117 Å². The summed E-state index contributed by atoms with van der Waals surface area (Å²) in [6, 6.07) is -1.30. The minimum Gasteiger partial charge on any atom is -0.350 e. The normalized spacial score (nSPS) is 22.4. The number of urea groups is 2. The Morgan fingerprint density at radius 2 is 2.15 bits per heavy atom. The number of rotatable bonds is 7. The first-order valence-electron chi connectivity index (χ1n) is 6.63. The number of nitrogens with two attached hydrogens (primary N) is 1. The summed E-state index contributed by atoms with van der Waals surface area (Å²) < 4.78 is 0. The number of carbonyl (C=O) groups excluding carboxylic acids is 3. The Morgan fingerprint density at radius 1 is 1.45 bits per heavy atom. The van der Waals surface area contributed by atoms with Crippen LogP contribution in [0.1, 0.15) is 39.0 Å². The summed E-state index contributed by atoms with van der Waals surface area (Å²) >= 11 is 0. The van der Waals surface area contributed by atoms with Gasteiger partial charge in [-0.2, -0.15) is 5.10 Å². The van der Waals surface area contributed by atoms with Crippen molar-refractivity contribution in [3.05, 3.63) is 0 Å². The number of nitrogens with zero attached hydrogens (tertiary/aromatic N) is 2. The highest BCUT2D eigenvalue weighted by Gasteiger charge is 2.48. The molecule has 1 saturated heterocycles. The minimum atomic E-state index is -1.19. The van der Waals surface area contributed by atoms with Gasteiger partial charge >= 0.3 is 12.1 Å². The van der Waals surface area contributed by atoms with Crippen LogP contribution in [0.25, 0.3) is 0 Å². The highest BCUT2D eigenvalue weighted by molar-refractivity contribution is 6.16. The Hall–Kier alpha value is -2.12. The fourth-order valence-corrected chi connectivity index (χ4v) is 2.08. The lowest BCUT2D eigenvalue weighted by Gasteiger charge is -2.21. The lowest BCUT2D eigenvalue weighted by atomic mass is 9.93. The summed E-state index contributed by atoms with van der Waals surface area (Å²) in [6.07, 6.45) is 5.55. The number of unbranched alkanes of at least 4 members (excludes halogenated alkanes) is 3.